The van der Waals surface area contributed by atoms with E-state index in [2.05, 4.69) is 4.57 Å². The molecule has 0 saturated carbocycles. The fourth-order valence-electron chi connectivity index (χ4n) is 4.74. The van der Waals surface area contributed by atoms with Crippen molar-refractivity contribution in [3.05, 3.63) is 65.9 Å². The van der Waals surface area contributed by atoms with Crippen LogP contribution in [0, 0.1) is 5.92 Å². The number of fused-ring (bicyclic) bond motifs is 1. The fraction of sp³-hybridized carbons (Fsp3) is 0.375. The molecule has 4 N–H and O–H groups in total. The fourth-order valence-corrected chi connectivity index (χ4v) is 4.74. The number of furan rings is 1. The number of carboxylic acids is 2. The number of aromatic nitrogens is 2. The number of nitrogens with zero attached hydrogens (tertiary/aromatic N) is 3. The average Bonchev–Trinajstić information content (AvgIpc) is 3.42. The molecule has 1 saturated heterocycles. The first-order chi connectivity index (χ1) is 16.0. The van der Waals surface area contributed by atoms with Crippen molar-refractivity contribution in [2.45, 2.75) is 31.8 Å². The summed E-state index contributed by atoms with van der Waals surface area (Å²) in [6.45, 7) is 2.09. The topological polar surface area (TPSA) is 135 Å². The Morgan fingerprint density at radius 2 is 2.03 bits per heavy atom. The van der Waals surface area contributed by atoms with Crippen LogP contribution in [0.3, 0.4) is 0 Å². The van der Waals surface area contributed by atoms with Crippen LogP contribution in [0.1, 0.15) is 24.4 Å². The van der Waals surface area contributed by atoms with E-state index in [1.807, 2.05) is 41.3 Å². The predicted octanol–water partition coefficient (Wildman–Crippen LogP) is 2.35. The molecule has 0 radical (unpaired) electrons. The van der Waals surface area contributed by atoms with E-state index < -0.39 is 18.0 Å². The quantitative estimate of drug-likeness (QED) is 0.421. The first-order valence-electron chi connectivity index (χ1n) is 11.0. The van der Waals surface area contributed by atoms with Gasteiger partial charge in [0, 0.05) is 31.6 Å². The second-order valence-electron chi connectivity index (χ2n) is 8.36. The molecular weight excluding hydrogens is 424 g/mol. The van der Waals surface area contributed by atoms with Crippen molar-refractivity contribution in [3.63, 3.8) is 0 Å². The van der Waals surface area contributed by atoms with Gasteiger partial charge in [0.25, 0.3) is 0 Å². The average molecular weight is 453 g/mol. The van der Waals surface area contributed by atoms with Gasteiger partial charge in [0.2, 0.25) is 0 Å². The molecule has 2 unspecified atom stereocenters. The molecule has 1 aliphatic heterocycles. The molecule has 3 heterocycles. The molecule has 9 nitrogen and oxygen atoms in total. The van der Waals surface area contributed by atoms with Crippen LogP contribution in [0.5, 0.6) is 0 Å². The number of hydrogen-bond donors (Lipinski definition) is 3. The van der Waals surface area contributed by atoms with Gasteiger partial charge in [0.15, 0.2) is 0 Å². The summed E-state index contributed by atoms with van der Waals surface area (Å²) < 4.78 is 7.70. The zero-order chi connectivity index (χ0) is 23.4. The molecule has 174 valence electrons. The van der Waals surface area contributed by atoms with E-state index in [-0.39, 0.29) is 11.5 Å². The highest BCUT2D eigenvalue weighted by Crippen LogP contribution is 2.31. The van der Waals surface area contributed by atoms with Crippen molar-refractivity contribution in [1.82, 2.24) is 14.5 Å². The Hall–Kier alpha value is -3.43. The second-order valence-corrected chi connectivity index (χ2v) is 8.36. The summed E-state index contributed by atoms with van der Waals surface area (Å²) in [5.41, 5.74) is 7.54. The smallest absolute Gasteiger partial charge is 0.333 e. The van der Waals surface area contributed by atoms with E-state index in [0.717, 1.165) is 35.1 Å². The van der Waals surface area contributed by atoms with Gasteiger partial charge in [0.05, 0.1) is 29.4 Å². The van der Waals surface area contributed by atoms with Gasteiger partial charge in [-0.2, -0.15) is 0 Å². The van der Waals surface area contributed by atoms with E-state index in [4.69, 9.17) is 15.1 Å². The van der Waals surface area contributed by atoms with Gasteiger partial charge in [-0.3, -0.25) is 4.90 Å². The van der Waals surface area contributed by atoms with E-state index in [9.17, 15) is 19.8 Å². The van der Waals surface area contributed by atoms with Gasteiger partial charge in [0.1, 0.15) is 11.6 Å². The molecule has 0 amide bonds. The van der Waals surface area contributed by atoms with Gasteiger partial charge in [-0.25, -0.2) is 14.6 Å². The number of piperidine rings is 1. The molecule has 0 bridgehead atoms. The molecule has 2 atom stereocenters. The predicted molar refractivity (Wildman–Crippen MR) is 122 cm³/mol. The van der Waals surface area contributed by atoms with Crippen LogP contribution in [-0.2, 0) is 22.6 Å². The van der Waals surface area contributed by atoms with Crippen LogP contribution in [0.4, 0.5) is 0 Å². The van der Waals surface area contributed by atoms with Crippen molar-refractivity contribution in [2.75, 3.05) is 19.6 Å². The highest BCUT2D eigenvalue weighted by atomic mass is 16.4. The standard InChI is InChI=1S/C24H28N4O5/c25-8-10-27-9-7-16(12-21(27)18(24(31)32)14-23(29)30)13-22-26-19-5-1-2-6-20(19)28(22)15-17-4-3-11-33-17/h1-6,11,14,16,21H,7-10,12-13,15,25H2,(H,29,30)(H,31,32). The molecule has 1 fully saturated rings. The van der Waals surface area contributed by atoms with E-state index in [1.54, 1.807) is 6.26 Å². The van der Waals surface area contributed by atoms with Gasteiger partial charge in [-0.05, 0) is 49.6 Å². The van der Waals surface area contributed by atoms with Crippen LogP contribution in [-0.4, -0.2) is 62.3 Å². The lowest BCUT2D eigenvalue weighted by molar-refractivity contribution is -0.136. The highest BCUT2D eigenvalue weighted by molar-refractivity contribution is 5.95. The minimum absolute atomic E-state index is 0.107. The van der Waals surface area contributed by atoms with Crippen LogP contribution in [0.15, 0.2) is 58.7 Å². The summed E-state index contributed by atoms with van der Waals surface area (Å²) in [6, 6.07) is 11.2. The highest BCUT2D eigenvalue weighted by Gasteiger charge is 2.34. The number of carboxylic acid groups (broad SMARTS) is 2. The lowest BCUT2D eigenvalue weighted by Gasteiger charge is -2.39. The molecule has 9 heteroatoms. The molecule has 0 aliphatic carbocycles. The number of benzene rings is 1. The molecule has 0 spiro atoms. The van der Waals surface area contributed by atoms with Crippen LogP contribution in [0.2, 0.25) is 0 Å². The lowest BCUT2D eigenvalue weighted by atomic mass is 9.84. The third-order valence-electron chi connectivity index (χ3n) is 6.22. The Labute approximate surface area is 191 Å². The second kappa shape index (κ2) is 10.0. The first-order valence-corrected chi connectivity index (χ1v) is 11.0. The Kier molecular flexibility index (Phi) is 6.90. The summed E-state index contributed by atoms with van der Waals surface area (Å²) >= 11 is 0. The molecular formula is C24H28N4O5. The first kappa shape index (κ1) is 22.8. The number of aliphatic carboxylic acids is 2. The Bertz CT molecular complexity index is 1150. The summed E-state index contributed by atoms with van der Waals surface area (Å²) in [6.07, 6.45) is 4.48. The Balaban J connectivity index is 1.62. The van der Waals surface area contributed by atoms with Crippen molar-refractivity contribution in [3.8, 4) is 0 Å². The minimum Gasteiger partial charge on any atom is -0.478 e. The molecule has 1 aliphatic rings. The number of nitrogens with two attached hydrogens (primary N) is 1. The van der Waals surface area contributed by atoms with Crippen molar-refractivity contribution < 1.29 is 24.2 Å². The molecule has 1 aromatic carbocycles. The zero-order valence-electron chi connectivity index (χ0n) is 18.3. The molecule has 4 rings (SSSR count). The summed E-state index contributed by atoms with van der Waals surface area (Å²) in [5, 5.41) is 18.9. The van der Waals surface area contributed by atoms with Crippen LogP contribution < -0.4 is 5.73 Å². The monoisotopic (exact) mass is 452 g/mol. The number of para-hydroxylation sites is 2. The third-order valence-corrected chi connectivity index (χ3v) is 6.22. The SMILES string of the molecule is NCCN1CCC(Cc2nc3ccccc3n2Cc2ccco2)CC1C(=CC(=O)O)C(=O)O. The van der Waals surface area contributed by atoms with Crippen molar-refractivity contribution in [2.24, 2.45) is 11.7 Å². The number of likely N-dealkylation sites (tertiary alicyclic amines) is 1. The van der Waals surface area contributed by atoms with E-state index >= 15 is 0 Å². The summed E-state index contributed by atoms with van der Waals surface area (Å²) in [7, 11) is 0. The number of imidazole rings is 1. The van der Waals surface area contributed by atoms with Crippen LogP contribution >= 0.6 is 0 Å². The van der Waals surface area contributed by atoms with E-state index in [0.29, 0.717) is 39.0 Å². The molecule has 2 aromatic heterocycles. The summed E-state index contributed by atoms with van der Waals surface area (Å²) in [4.78, 5) is 30.0. The largest absolute Gasteiger partial charge is 0.478 e. The van der Waals surface area contributed by atoms with Gasteiger partial charge < -0.3 is 24.9 Å². The Morgan fingerprint density at radius 1 is 1.21 bits per heavy atom. The van der Waals surface area contributed by atoms with E-state index in [1.165, 1.54) is 0 Å². The molecule has 33 heavy (non-hydrogen) atoms. The van der Waals surface area contributed by atoms with Gasteiger partial charge in [-0.1, -0.05) is 12.1 Å². The van der Waals surface area contributed by atoms with Crippen LogP contribution in [0.25, 0.3) is 11.0 Å². The Morgan fingerprint density at radius 3 is 2.73 bits per heavy atom. The third kappa shape index (κ3) is 5.15. The number of rotatable bonds is 9. The maximum atomic E-state index is 11.9. The van der Waals surface area contributed by atoms with Crippen molar-refractivity contribution >= 4 is 23.0 Å². The molecule has 3 aromatic rings. The minimum atomic E-state index is -1.26. The van der Waals surface area contributed by atoms with Gasteiger partial charge in [-0.15, -0.1) is 0 Å². The lowest BCUT2D eigenvalue weighted by Crippen LogP contribution is -2.47. The zero-order valence-corrected chi connectivity index (χ0v) is 18.3. The van der Waals surface area contributed by atoms with Crippen molar-refractivity contribution in [1.29, 1.82) is 0 Å². The summed E-state index contributed by atoms with van der Waals surface area (Å²) in [5.74, 6) is -0.597. The van der Waals surface area contributed by atoms with Gasteiger partial charge >= 0.3 is 11.9 Å². The number of carbonyl (C=O) groups is 2. The number of hydrogen-bond acceptors (Lipinski definition) is 6. The normalized spacial score (nSPS) is 19.7. The maximum Gasteiger partial charge on any atom is 0.333 e. The maximum absolute atomic E-state index is 11.9.